The molecule has 8 nitrogen and oxygen atoms in total. The third kappa shape index (κ3) is 40.9. The second kappa shape index (κ2) is 40.5. The van der Waals surface area contributed by atoms with Crippen molar-refractivity contribution >= 4 is 17.9 Å². The van der Waals surface area contributed by atoms with E-state index < -0.39 is 18.0 Å². The molecule has 0 bridgehead atoms. The van der Waals surface area contributed by atoms with Crippen molar-refractivity contribution in [2.45, 2.75) is 174 Å². The van der Waals surface area contributed by atoms with Crippen molar-refractivity contribution in [3.8, 4) is 0 Å². The monoisotopic (exact) mass is 813 g/mol. The molecule has 0 saturated heterocycles. The van der Waals surface area contributed by atoms with Crippen LogP contribution in [0, 0.1) is 5.92 Å². The first-order valence-corrected chi connectivity index (χ1v) is 22.9. The molecule has 0 aliphatic rings. The number of aliphatic carboxylic acids is 1. The second-order valence-electron chi connectivity index (χ2n) is 16.5. The Morgan fingerprint density at radius 3 is 1.41 bits per heavy atom. The Bertz CT molecular complexity index is 1180. The molecule has 0 amide bonds. The van der Waals surface area contributed by atoms with Crippen LogP contribution < -0.4 is 0 Å². The fourth-order valence-electron chi connectivity index (χ4n) is 6.24. The van der Waals surface area contributed by atoms with Crippen LogP contribution >= 0.6 is 0 Å². The minimum absolute atomic E-state index is 0.0128. The number of hydrogen-bond acceptors (Lipinski definition) is 6. The van der Waals surface area contributed by atoms with Crippen molar-refractivity contribution < 1.29 is 38.2 Å². The van der Waals surface area contributed by atoms with E-state index in [0.717, 1.165) is 103 Å². The number of rotatable bonds is 40. The van der Waals surface area contributed by atoms with E-state index in [0.29, 0.717) is 17.4 Å². The molecule has 0 heterocycles. The average Bonchev–Trinajstić information content (AvgIpc) is 3.18. The van der Waals surface area contributed by atoms with Gasteiger partial charge in [0.2, 0.25) is 0 Å². The molecule has 0 saturated carbocycles. The third-order valence-electron chi connectivity index (χ3n) is 9.52. The van der Waals surface area contributed by atoms with Crippen molar-refractivity contribution in [1.82, 2.24) is 0 Å². The standard InChI is InChI=1S/C50H85NO7/c1-6-8-10-12-14-16-18-20-22-23-24-25-27-29-31-33-35-37-39-41-49(53)58-47(44-56-43-46(50(54)55)42-51(3,4)5)45-57-48(52)40-38-36-34-32-30-28-26-21-19-17-15-13-11-9-7-2/h8,10,14-17,20-22,24-26,46-47H,6-7,9,11-13,18-19,23,27-45H2,1-5H3/p+1/b10-8-,16-14-,17-15-,22-20-,25-24-,26-21-. The quantitative estimate of drug-likeness (QED) is 0.0285. The van der Waals surface area contributed by atoms with Crippen molar-refractivity contribution in [1.29, 1.82) is 0 Å². The number of carboxylic acids is 1. The fraction of sp³-hybridized carbons (Fsp3) is 0.700. The summed E-state index contributed by atoms with van der Waals surface area (Å²) >= 11 is 0. The van der Waals surface area contributed by atoms with Crippen molar-refractivity contribution in [3.63, 3.8) is 0 Å². The maximum absolute atomic E-state index is 12.8. The molecule has 0 aromatic carbocycles. The van der Waals surface area contributed by atoms with Gasteiger partial charge in [0.1, 0.15) is 12.5 Å². The Hall–Kier alpha value is -3.23. The van der Waals surface area contributed by atoms with Gasteiger partial charge in [-0.25, -0.2) is 0 Å². The molecular formula is C50H86NO7+. The van der Waals surface area contributed by atoms with Crippen LogP contribution in [-0.2, 0) is 28.6 Å². The minimum Gasteiger partial charge on any atom is -0.481 e. The normalized spacial score (nSPS) is 13.6. The summed E-state index contributed by atoms with van der Waals surface area (Å²) in [6, 6.07) is 0. The molecule has 2 unspecified atom stereocenters. The van der Waals surface area contributed by atoms with Gasteiger partial charge in [0, 0.05) is 12.8 Å². The molecule has 58 heavy (non-hydrogen) atoms. The molecule has 0 rings (SSSR count). The van der Waals surface area contributed by atoms with E-state index in [4.69, 9.17) is 14.2 Å². The van der Waals surface area contributed by atoms with E-state index in [2.05, 4.69) is 86.8 Å². The summed E-state index contributed by atoms with van der Waals surface area (Å²) in [5.41, 5.74) is 0. The van der Waals surface area contributed by atoms with Crippen LogP contribution in [0.3, 0.4) is 0 Å². The summed E-state index contributed by atoms with van der Waals surface area (Å²) in [7, 11) is 5.80. The number of allylic oxidation sites excluding steroid dienone is 12. The van der Waals surface area contributed by atoms with Gasteiger partial charge in [-0.05, 0) is 83.5 Å². The highest BCUT2D eigenvalue weighted by Gasteiger charge is 2.26. The van der Waals surface area contributed by atoms with Crippen molar-refractivity contribution in [2.75, 3.05) is 47.5 Å². The highest BCUT2D eigenvalue weighted by atomic mass is 16.6. The molecule has 8 heteroatoms. The van der Waals surface area contributed by atoms with Crippen LogP contribution in [-0.4, -0.2) is 81.1 Å². The van der Waals surface area contributed by atoms with Gasteiger partial charge in [0.05, 0.1) is 40.9 Å². The number of hydrogen-bond donors (Lipinski definition) is 1. The van der Waals surface area contributed by atoms with E-state index in [-0.39, 0.29) is 38.2 Å². The average molecular weight is 813 g/mol. The van der Waals surface area contributed by atoms with Crippen LogP contribution in [0.25, 0.3) is 0 Å². The number of unbranched alkanes of at least 4 members (excludes halogenated alkanes) is 14. The molecule has 0 spiro atoms. The molecule has 0 fully saturated rings. The van der Waals surface area contributed by atoms with E-state index in [1.165, 1.54) is 38.5 Å². The summed E-state index contributed by atoms with van der Waals surface area (Å²) in [6.45, 7) is 4.64. The molecule has 1 N–H and O–H groups in total. The van der Waals surface area contributed by atoms with Gasteiger partial charge in [-0.1, -0.05) is 145 Å². The van der Waals surface area contributed by atoms with E-state index in [1.807, 2.05) is 21.1 Å². The van der Waals surface area contributed by atoms with Gasteiger partial charge in [-0.15, -0.1) is 0 Å². The number of nitrogens with zero attached hydrogens (tertiary/aromatic N) is 1. The summed E-state index contributed by atoms with van der Waals surface area (Å²) in [5, 5.41) is 9.68. The van der Waals surface area contributed by atoms with Crippen LogP contribution in [0.5, 0.6) is 0 Å². The minimum atomic E-state index is -0.930. The summed E-state index contributed by atoms with van der Waals surface area (Å²) in [6.07, 6.45) is 50.3. The number of carbonyl (C=O) groups excluding carboxylic acids is 2. The lowest BCUT2D eigenvalue weighted by molar-refractivity contribution is -0.872. The van der Waals surface area contributed by atoms with Crippen LogP contribution in [0.2, 0.25) is 0 Å². The van der Waals surface area contributed by atoms with E-state index in [9.17, 15) is 19.5 Å². The Morgan fingerprint density at radius 2 is 0.948 bits per heavy atom. The van der Waals surface area contributed by atoms with E-state index in [1.54, 1.807) is 0 Å². The molecule has 0 aromatic rings. The molecule has 0 aromatic heterocycles. The molecule has 0 radical (unpaired) electrons. The van der Waals surface area contributed by atoms with Crippen LogP contribution in [0.1, 0.15) is 168 Å². The Morgan fingerprint density at radius 1 is 0.517 bits per heavy atom. The largest absolute Gasteiger partial charge is 0.481 e. The number of quaternary nitrogens is 1. The maximum atomic E-state index is 12.8. The molecule has 0 aliphatic carbocycles. The Balaban J connectivity index is 4.41. The lowest BCUT2D eigenvalue weighted by atomic mass is 10.1. The van der Waals surface area contributed by atoms with E-state index >= 15 is 0 Å². The van der Waals surface area contributed by atoms with Gasteiger partial charge in [0.25, 0.3) is 0 Å². The van der Waals surface area contributed by atoms with Gasteiger partial charge < -0.3 is 23.8 Å². The smallest absolute Gasteiger partial charge is 0.314 e. The first-order valence-electron chi connectivity index (χ1n) is 22.9. The SMILES string of the molecule is CC/C=C\C/C=C\C/C=C\C/C=C\CCCCCCCCC(=O)OC(COCC(C[N+](C)(C)C)C(=O)O)COC(=O)CCCCCCC/C=C\C/C=C\CCCCC. The number of carbonyl (C=O) groups is 3. The Labute approximate surface area is 355 Å². The number of ether oxygens (including phenoxy) is 3. The van der Waals surface area contributed by atoms with Gasteiger partial charge in [-0.3, -0.25) is 14.4 Å². The van der Waals surface area contributed by atoms with Crippen LogP contribution in [0.15, 0.2) is 72.9 Å². The van der Waals surface area contributed by atoms with Crippen LogP contribution in [0.4, 0.5) is 0 Å². The number of esters is 2. The van der Waals surface area contributed by atoms with Crippen molar-refractivity contribution in [3.05, 3.63) is 72.9 Å². The highest BCUT2D eigenvalue weighted by molar-refractivity contribution is 5.70. The van der Waals surface area contributed by atoms with Crippen molar-refractivity contribution in [2.24, 2.45) is 5.92 Å². The van der Waals surface area contributed by atoms with Gasteiger partial charge >= 0.3 is 17.9 Å². The summed E-state index contributed by atoms with van der Waals surface area (Å²) in [4.78, 5) is 37.1. The topological polar surface area (TPSA) is 99.1 Å². The van der Waals surface area contributed by atoms with Gasteiger partial charge in [0.15, 0.2) is 6.10 Å². The summed E-state index contributed by atoms with van der Waals surface area (Å²) in [5.74, 6) is -2.30. The Kier molecular flexibility index (Phi) is 38.3. The lowest BCUT2D eigenvalue weighted by Gasteiger charge is -2.27. The fourth-order valence-corrected chi connectivity index (χ4v) is 6.24. The highest BCUT2D eigenvalue weighted by Crippen LogP contribution is 2.13. The third-order valence-corrected chi connectivity index (χ3v) is 9.52. The maximum Gasteiger partial charge on any atom is 0.314 e. The molecule has 2 atom stereocenters. The summed E-state index contributed by atoms with van der Waals surface area (Å²) < 4.78 is 17.4. The number of carboxylic acid groups (broad SMARTS) is 1. The zero-order chi connectivity index (χ0) is 42.8. The lowest BCUT2D eigenvalue weighted by Crippen LogP contribution is -2.43. The molecular weight excluding hydrogens is 727 g/mol. The predicted molar refractivity (Wildman–Crippen MR) is 243 cm³/mol. The van der Waals surface area contributed by atoms with Gasteiger partial charge in [-0.2, -0.15) is 0 Å². The first-order chi connectivity index (χ1) is 28.1. The molecule has 332 valence electrons. The first kappa shape index (κ1) is 54.8. The zero-order valence-electron chi connectivity index (χ0n) is 37.7. The predicted octanol–water partition coefficient (Wildman–Crippen LogP) is 12.6. The molecule has 0 aliphatic heterocycles. The second-order valence-corrected chi connectivity index (χ2v) is 16.5. The zero-order valence-corrected chi connectivity index (χ0v) is 37.7.